The number of methoxy groups -OCH3 is 1. The van der Waals surface area contributed by atoms with Crippen LogP contribution in [-0.4, -0.2) is 52.3 Å². The summed E-state index contributed by atoms with van der Waals surface area (Å²) in [5.74, 6) is 1.30. The first-order valence-corrected chi connectivity index (χ1v) is 10.7. The minimum absolute atomic E-state index is 0.260. The minimum Gasteiger partial charge on any atom is -0.496 e. The molecule has 9 nitrogen and oxygen atoms in total. The number of urea groups is 1. The van der Waals surface area contributed by atoms with Crippen LogP contribution < -0.4 is 15.4 Å². The first-order valence-electron chi connectivity index (χ1n) is 9.67. The number of nitrogens with one attached hydrogen (secondary N) is 2. The topological polar surface area (TPSA) is 107 Å². The van der Waals surface area contributed by atoms with Gasteiger partial charge < -0.3 is 24.7 Å². The Hall–Kier alpha value is -3.01. The quantitative estimate of drug-likeness (QED) is 0.489. The number of amides is 2. The molecule has 0 saturated heterocycles. The van der Waals surface area contributed by atoms with Gasteiger partial charge in [0.25, 0.3) is 0 Å². The minimum atomic E-state index is -0.445. The Balaban J connectivity index is 1.89. The highest BCUT2D eigenvalue weighted by Gasteiger charge is 2.30. The van der Waals surface area contributed by atoms with E-state index in [1.165, 1.54) is 11.8 Å². The fraction of sp³-hybridized carbons (Fsp3) is 0.400. The molecule has 0 fully saturated rings. The van der Waals surface area contributed by atoms with Crippen LogP contribution in [0, 0.1) is 0 Å². The summed E-state index contributed by atoms with van der Waals surface area (Å²) in [6, 6.07) is 6.83. The molecular formula is C20H25N5O4S. The average molecular weight is 432 g/mol. The Morgan fingerprint density at radius 2 is 2.03 bits per heavy atom. The van der Waals surface area contributed by atoms with Gasteiger partial charge in [0.15, 0.2) is 11.0 Å². The number of hydrogen-bond donors (Lipinski definition) is 2. The maximum Gasteiger partial charge on any atom is 0.337 e. The fourth-order valence-corrected chi connectivity index (χ4v) is 4.21. The van der Waals surface area contributed by atoms with Crippen LogP contribution in [0.25, 0.3) is 11.4 Å². The predicted octanol–water partition coefficient (Wildman–Crippen LogP) is 2.58. The molecule has 30 heavy (non-hydrogen) atoms. The fourth-order valence-electron chi connectivity index (χ4n) is 3.24. The molecule has 1 unspecified atom stereocenters. The molecule has 2 N–H and O–H groups in total. The molecule has 1 aromatic heterocycles. The lowest BCUT2D eigenvalue weighted by Crippen LogP contribution is -2.49. The number of esters is 1. The van der Waals surface area contributed by atoms with Gasteiger partial charge in [0.05, 0.1) is 30.9 Å². The summed E-state index contributed by atoms with van der Waals surface area (Å²) in [5.41, 5.74) is 1.77. The van der Waals surface area contributed by atoms with Gasteiger partial charge in [-0.15, -0.1) is 10.2 Å². The lowest BCUT2D eigenvalue weighted by molar-refractivity contribution is -0.138. The van der Waals surface area contributed by atoms with Crippen molar-refractivity contribution < 1.29 is 19.1 Å². The van der Waals surface area contributed by atoms with Crippen LogP contribution in [0.3, 0.4) is 0 Å². The van der Waals surface area contributed by atoms with Crippen molar-refractivity contribution in [2.45, 2.75) is 38.5 Å². The van der Waals surface area contributed by atoms with E-state index in [4.69, 9.17) is 9.47 Å². The molecular weight excluding hydrogens is 406 g/mol. The Kier molecular flexibility index (Phi) is 6.99. The van der Waals surface area contributed by atoms with E-state index < -0.39 is 12.0 Å². The van der Waals surface area contributed by atoms with Crippen molar-refractivity contribution in [3.05, 3.63) is 35.5 Å². The second-order valence-corrected chi connectivity index (χ2v) is 7.41. The summed E-state index contributed by atoms with van der Waals surface area (Å²) < 4.78 is 12.6. The zero-order valence-corrected chi connectivity index (χ0v) is 18.2. The molecule has 0 aliphatic carbocycles. The summed E-state index contributed by atoms with van der Waals surface area (Å²) >= 11 is 1.39. The Morgan fingerprint density at radius 3 is 2.73 bits per heavy atom. The third-order valence-electron chi connectivity index (χ3n) is 4.59. The molecule has 3 rings (SSSR count). The number of benzene rings is 1. The van der Waals surface area contributed by atoms with E-state index in [1.807, 2.05) is 35.8 Å². The maximum atomic E-state index is 12.4. The Bertz CT molecular complexity index is 972. The van der Waals surface area contributed by atoms with E-state index >= 15 is 0 Å². The van der Waals surface area contributed by atoms with Crippen molar-refractivity contribution >= 4 is 23.8 Å². The summed E-state index contributed by atoms with van der Waals surface area (Å²) in [6.07, 6.45) is 0. The summed E-state index contributed by atoms with van der Waals surface area (Å²) in [5, 5.41) is 14.8. The lowest BCUT2D eigenvalue weighted by Gasteiger charge is -2.26. The number of rotatable bonds is 8. The van der Waals surface area contributed by atoms with E-state index in [0.717, 1.165) is 5.56 Å². The van der Waals surface area contributed by atoms with Crippen LogP contribution >= 0.6 is 11.8 Å². The van der Waals surface area contributed by atoms with Crippen LogP contribution in [0.5, 0.6) is 5.75 Å². The van der Waals surface area contributed by atoms with E-state index in [0.29, 0.717) is 40.3 Å². The molecule has 1 aliphatic rings. The smallest absolute Gasteiger partial charge is 0.337 e. The largest absolute Gasteiger partial charge is 0.496 e. The van der Waals surface area contributed by atoms with Crippen molar-refractivity contribution in [1.82, 2.24) is 25.4 Å². The summed E-state index contributed by atoms with van der Waals surface area (Å²) in [4.78, 5) is 24.3. The molecule has 0 radical (unpaired) electrons. The van der Waals surface area contributed by atoms with Gasteiger partial charge in [0.1, 0.15) is 5.75 Å². The van der Waals surface area contributed by atoms with Crippen LogP contribution in [0.4, 0.5) is 4.79 Å². The molecule has 1 aromatic carbocycles. The number of aromatic nitrogens is 3. The normalized spacial score (nSPS) is 16.1. The van der Waals surface area contributed by atoms with Gasteiger partial charge in [-0.1, -0.05) is 23.9 Å². The maximum absolute atomic E-state index is 12.4. The van der Waals surface area contributed by atoms with Gasteiger partial charge in [-0.05, 0) is 32.9 Å². The molecule has 0 bridgehead atoms. The zero-order valence-electron chi connectivity index (χ0n) is 17.4. The van der Waals surface area contributed by atoms with Crippen molar-refractivity contribution in [1.29, 1.82) is 0 Å². The number of carbonyl (C=O) groups is 2. The van der Waals surface area contributed by atoms with Gasteiger partial charge in [0.2, 0.25) is 0 Å². The lowest BCUT2D eigenvalue weighted by atomic mass is 10.1. The molecule has 10 heteroatoms. The highest BCUT2D eigenvalue weighted by atomic mass is 32.2. The second-order valence-electron chi connectivity index (χ2n) is 6.47. The molecule has 1 atom stereocenters. The highest BCUT2D eigenvalue weighted by Crippen LogP contribution is 2.31. The zero-order chi connectivity index (χ0) is 21.7. The molecule has 160 valence electrons. The standard InChI is InChI=1S/C20H25N5O4S/c1-5-25-17(13-9-7-8-10-15(13)28-4)23-24-20(25)30-11-14-16(18(26)29-6-2)12(3)21-19(27)22-14/h7-10,12H,5-6,11H2,1-4H3,(H2,21,22,27). The van der Waals surface area contributed by atoms with Crippen molar-refractivity contribution in [2.24, 2.45) is 0 Å². The first-order chi connectivity index (χ1) is 14.5. The SMILES string of the molecule is CCOC(=O)C1=C(CSc2nnc(-c3ccccc3OC)n2CC)NC(=O)NC1C. The van der Waals surface area contributed by atoms with Crippen LogP contribution in [-0.2, 0) is 16.1 Å². The number of carbonyl (C=O) groups excluding carboxylic acids is 2. The Labute approximate surface area is 179 Å². The molecule has 2 heterocycles. The first kappa shape index (κ1) is 21.7. The van der Waals surface area contributed by atoms with Crippen LogP contribution in [0.1, 0.15) is 20.8 Å². The van der Waals surface area contributed by atoms with Crippen molar-refractivity contribution in [3.8, 4) is 17.1 Å². The molecule has 0 spiro atoms. The van der Waals surface area contributed by atoms with Crippen molar-refractivity contribution in [3.63, 3.8) is 0 Å². The monoisotopic (exact) mass is 431 g/mol. The van der Waals surface area contributed by atoms with Gasteiger partial charge >= 0.3 is 12.0 Å². The number of para-hydroxylation sites is 1. The third kappa shape index (κ3) is 4.43. The van der Waals surface area contributed by atoms with E-state index in [9.17, 15) is 9.59 Å². The second kappa shape index (κ2) is 9.66. The number of thioether (sulfide) groups is 1. The number of nitrogens with zero attached hydrogens (tertiary/aromatic N) is 3. The number of hydrogen-bond acceptors (Lipinski definition) is 7. The summed E-state index contributed by atoms with van der Waals surface area (Å²) in [7, 11) is 1.62. The average Bonchev–Trinajstić information content (AvgIpc) is 3.14. The molecule has 2 aromatic rings. The highest BCUT2D eigenvalue weighted by molar-refractivity contribution is 7.99. The van der Waals surface area contributed by atoms with E-state index in [-0.39, 0.29) is 12.6 Å². The van der Waals surface area contributed by atoms with Crippen LogP contribution in [0.2, 0.25) is 0 Å². The molecule has 1 aliphatic heterocycles. The van der Waals surface area contributed by atoms with E-state index in [1.54, 1.807) is 21.0 Å². The summed E-state index contributed by atoms with van der Waals surface area (Å²) in [6.45, 7) is 6.41. The molecule has 2 amide bonds. The van der Waals surface area contributed by atoms with Gasteiger partial charge in [-0.2, -0.15) is 0 Å². The van der Waals surface area contributed by atoms with Gasteiger partial charge in [0, 0.05) is 18.0 Å². The van der Waals surface area contributed by atoms with E-state index in [2.05, 4.69) is 20.8 Å². The Morgan fingerprint density at radius 1 is 1.27 bits per heavy atom. The van der Waals surface area contributed by atoms with Crippen LogP contribution in [0.15, 0.2) is 40.7 Å². The predicted molar refractivity (Wildman–Crippen MR) is 113 cm³/mol. The third-order valence-corrected chi connectivity index (χ3v) is 5.59. The van der Waals surface area contributed by atoms with Gasteiger partial charge in [-0.3, -0.25) is 0 Å². The molecule has 0 saturated carbocycles. The van der Waals surface area contributed by atoms with Gasteiger partial charge in [-0.25, -0.2) is 9.59 Å². The van der Waals surface area contributed by atoms with Crippen molar-refractivity contribution in [2.75, 3.05) is 19.5 Å². The number of ether oxygens (including phenoxy) is 2.